The van der Waals surface area contributed by atoms with E-state index >= 15 is 0 Å². The molecule has 288 valence electrons. The molecule has 0 radical (unpaired) electrons. The van der Waals surface area contributed by atoms with Gasteiger partial charge in [0.05, 0.1) is 37.6 Å². The molecule has 13 nitrogen and oxygen atoms in total. The zero-order valence-electron chi connectivity index (χ0n) is 31.7. The first kappa shape index (κ1) is 36.8. The number of hydrogen-bond acceptors (Lipinski definition) is 9. The fourth-order valence-corrected chi connectivity index (χ4v) is 8.17. The van der Waals surface area contributed by atoms with E-state index in [2.05, 4.69) is 0 Å². The monoisotopic (exact) mass is 756 g/mol. The lowest BCUT2D eigenvalue weighted by molar-refractivity contribution is -0.125. The number of rotatable bonds is 11. The van der Waals surface area contributed by atoms with Crippen LogP contribution in [0.5, 0.6) is 17.2 Å². The van der Waals surface area contributed by atoms with Crippen LogP contribution in [-0.2, 0) is 28.9 Å². The highest BCUT2D eigenvalue weighted by Gasteiger charge is 2.39. The maximum absolute atomic E-state index is 14.2. The molecule has 4 aromatic carbocycles. The molecule has 0 spiro atoms. The Morgan fingerprint density at radius 3 is 2.43 bits per heavy atom. The van der Waals surface area contributed by atoms with E-state index in [1.54, 1.807) is 26.3 Å². The predicted molar refractivity (Wildman–Crippen MR) is 213 cm³/mol. The minimum atomic E-state index is -0.406. The molecular weight excluding hydrogens is 713 g/mol. The number of carbonyl (C=O) groups excluding carboxylic acids is 4. The quantitative estimate of drug-likeness (QED) is 0.0894. The molecule has 2 atom stereocenters. The van der Waals surface area contributed by atoms with Gasteiger partial charge in [0.2, 0.25) is 11.8 Å². The highest BCUT2D eigenvalue weighted by Crippen LogP contribution is 2.42. The normalized spacial score (nSPS) is 17.4. The van der Waals surface area contributed by atoms with Gasteiger partial charge >= 0.3 is 0 Å². The van der Waals surface area contributed by atoms with Crippen molar-refractivity contribution in [3.63, 3.8) is 0 Å². The molecule has 4 aliphatic rings. The molecule has 4 aromatic rings. The van der Waals surface area contributed by atoms with Crippen molar-refractivity contribution in [2.75, 3.05) is 42.1 Å². The number of benzene rings is 4. The van der Waals surface area contributed by atoms with E-state index in [4.69, 9.17) is 25.0 Å². The Hall–Kier alpha value is -6.21. The van der Waals surface area contributed by atoms with E-state index in [9.17, 15) is 19.2 Å². The van der Waals surface area contributed by atoms with Crippen molar-refractivity contribution in [2.45, 2.75) is 64.0 Å². The first-order valence-corrected chi connectivity index (χ1v) is 18.9. The van der Waals surface area contributed by atoms with Gasteiger partial charge in [-0.1, -0.05) is 24.3 Å². The van der Waals surface area contributed by atoms with Crippen LogP contribution >= 0.6 is 0 Å². The van der Waals surface area contributed by atoms with Gasteiger partial charge in [0.25, 0.3) is 11.8 Å². The first-order valence-electron chi connectivity index (χ1n) is 18.9. The number of amides is 4. The lowest BCUT2D eigenvalue weighted by atomic mass is 9.98. The zero-order valence-corrected chi connectivity index (χ0v) is 31.7. The molecule has 4 heterocycles. The van der Waals surface area contributed by atoms with Crippen LogP contribution in [0.1, 0.15) is 68.7 Å². The highest BCUT2D eigenvalue weighted by atomic mass is 16.5. The summed E-state index contributed by atoms with van der Waals surface area (Å²) in [7, 11) is 3.22. The van der Waals surface area contributed by atoms with E-state index < -0.39 is 5.91 Å². The van der Waals surface area contributed by atoms with Crippen LogP contribution in [0.4, 0.5) is 22.7 Å². The van der Waals surface area contributed by atoms with Gasteiger partial charge in [-0.05, 0) is 84.8 Å². The van der Waals surface area contributed by atoms with Crippen molar-refractivity contribution in [3.05, 3.63) is 100 Å². The SMILES string of the molecule is COc1cc2c(cc1OCCCOc1cc3c(cc1C)C(=O)N1c4cc(N(C)C(=O)CCC(=O)NN)ccc4C[C@H]1CC3)N=C[C@@H]1Cc3ccccc3N1C2=O. The Kier molecular flexibility index (Phi) is 9.94. The van der Waals surface area contributed by atoms with Crippen LogP contribution in [-0.4, -0.2) is 69.3 Å². The maximum Gasteiger partial charge on any atom is 0.261 e. The molecule has 0 aliphatic carbocycles. The third-order valence-electron chi connectivity index (χ3n) is 11.2. The van der Waals surface area contributed by atoms with Gasteiger partial charge in [0, 0.05) is 73.7 Å². The number of aliphatic imine (C=N–C) groups is 1. The number of hydrogen-bond donors (Lipinski definition) is 2. The second-order valence-corrected chi connectivity index (χ2v) is 14.6. The van der Waals surface area contributed by atoms with Gasteiger partial charge < -0.3 is 24.0 Å². The lowest BCUT2D eigenvalue weighted by Gasteiger charge is -2.25. The van der Waals surface area contributed by atoms with Gasteiger partial charge in [0.15, 0.2) is 11.5 Å². The van der Waals surface area contributed by atoms with Crippen LogP contribution < -0.4 is 40.2 Å². The fraction of sp³-hybridized carbons (Fsp3) is 0.326. The summed E-state index contributed by atoms with van der Waals surface area (Å²) in [5.74, 6) is 6.03. The number of ether oxygens (including phenoxy) is 3. The Labute approximate surface area is 325 Å². The van der Waals surface area contributed by atoms with E-state index in [0.717, 1.165) is 65.1 Å². The van der Waals surface area contributed by atoms with Gasteiger partial charge in [-0.25, -0.2) is 5.84 Å². The van der Waals surface area contributed by atoms with Gasteiger partial charge in [-0.2, -0.15) is 0 Å². The lowest BCUT2D eigenvalue weighted by Crippen LogP contribution is -2.37. The van der Waals surface area contributed by atoms with Crippen molar-refractivity contribution in [1.29, 1.82) is 0 Å². The number of aryl methyl sites for hydroxylation is 2. The average Bonchev–Trinajstić information content (AvgIpc) is 3.70. The summed E-state index contributed by atoms with van der Waals surface area (Å²) in [4.78, 5) is 62.2. The molecule has 0 bridgehead atoms. The molecular formula is C43H44N6O7. The highest BCUT2D eigenvalue weighted by molar-refractivity contribution is 6.15. The average molecular weight is 757 g/mol. The standard InChI is InChI=1S/C43H44N6O7/c1-25-17-32-26(9-12-30-18-28-10-11-29(21-36(28)48(30)42(32)52)47(2)41(51)14-13-40(50)46-44)20-37(25)55-15-6-16-56-39-23-34-33(22-38(39)54-3)43(53)49-31(24-45-34)19-27-7-4-5-8-35(27)49/h4-5,7-8,10-11,17,20-24,30-31H,6,9,12-16,18-19,44H2,1-3H3,(H,46,50)/t30-,31+/m1/s1. The van der Waals surface area contributed by atoms with E-state index in [-0.39, 0.29) is 42.6 Å². The predicted octanol–water partition coefficient (Wildman–Crippen LogP) is 5.39. The summed E-state index contributed by atoms with van der Waals surface area (Å²) in [5.41, 5.74) is 10.1. The summed E-state index contributed by atoms with van der Waals surface area (Å²) in [6, 6.07) is 20.9. The molecule has 0 fully saturated rings. The summed E-state index contributed by atoms with van der Waals surface area (Å²) in [6.07, 6.45) is 5.39. The molecule has 13 heteroatoms. The molecule has 0 unspecified atom stereocenters. The number of fused-ring (bicyclic) bond motifs is 8. The van der Waals surface area contributed by atoms with Crippen LogP contribution in [0.2, 0.25) is 0 Å². The Balaban J connectivity index is 0.907. The smallest absolute Gasteiger partial charge is 0.261 e. The second kappa shape index (κ2) is 15.1. The Morgan fingerprint density at radius 1 is 0.857 bits per heavy atom. The van der Waals surface area contributed by atoms with Crippen molar-refractivity contribution in [1.82, 2.24) is 5.43 Å². The topological polar surface area (TPSA) is 156 Å². The minimum absolute atomic E-state index is 0.00105. The number of nitrogens with zero attached hydrogens (tertiary/aromatic N) is 4. The number of carbonyl (C=O) groups is 4. The maximum atomic E-state index is 14.2. The van der Waals surface area contributed by atoms with Crippen molar-refractivity contribution < 1.29 is 33.4 Å². The van der Waals surface area contributed by atoms with Crippen LogP contribution in [0.25, 0.3) is 0 Å². The summed E-state index contributed by atoms with van der Waals surface area (Å²) < 4.78 is 18.0. The van der Waals surface area contributed by atoms with Crippen molar-refractivity contribution in [3.8, 4) is 17.2 Å². The Bertz CT molecular complexity index is 2290. The number of hydrazine groups is 1. The first-order chi connectivity index (χ1) is 27.1. The third kappa shape index (κ3) is 6.72. The minimum Gasteiger partial charge on any atom is -0.493 e. The number of nitrogens with two attached hydrogens (primary N) is 1. The molecule has 0 saturated carbocycles. The van der Waals surface area contributed by atoms with E-state index in [1.807, 2.05) is 83.0 Å². The number of para-hydroxylation sites is 1. The summed E-state index contributed by atoms with van der Waals surface area (Å²) in [5, 5.41) is 0. The van der Waals surface area contributed by atoms with Gasteiger partial charge in [-0.3, -0.25) is 34.5 Å². The Morgan fingerprint density at radius 2 is 1.62 bits per heavy atom. The molecule has 8 rings (SSSR count). The zero-order chi connectivity index (χ0) is 39.1. The molecule has 4 aliphatic heterocycles. The van der Waals surface area contributed by atoms with Crippen LogP contribution in [0.3, 0.4) is 0 Å². The van der Waals surface area contributed by atoms with Crippen LogP contribution in [0.15, 0.2) is 71.7 Å². The number of anilines is 3. The van der Waals surface area contributed by atoms with Crippen molar-refractivity contribution in [2.24, 2.45) is 10.8 Å². The second-order valence-electron chi connectivity index (χ2n) is 14.6. The number of methoxy groups -OCH3 is 1. The third-order valence-corrected chi connectivity index (χ3v) is 11.2. The largest absolute Gasteiger partial charge is 0.493 e. The summed E-state index contributed by atoms with van der Waals surface area (Å²) >= 11 is 0. The van der Waals surface area contributed by atoms with E-state index in [0.29, 0.717) is 53.6 Å². The molecule has 4 amide bonds. The summed E-state index contributed by atoms with van der Waals surface area (Å²) in [6.45, 7) is 2.68. The molecule has 56 heavy (non-hydrogen) atoms. The molecule has 3 N–H and O–H groups in total. The molecule has 0 saturated heterocycles. The fourth-order valence-electron chi connectivity index (χ4n) is 8.17. The van der Waals surface area contributed by atoms with Gasteiger partial charge in [-0.15, -0.1) is 0 Å². The van der Waals surface area contributed by atoms with Crippen molar-refractivity contribution >= 4 is 52.6 Å². The van der Waals surface area contributed by atoms with Crippen LogP contribution in [0, 0.1) is 6.92 Å². The van der Waals surface area contributed by atoms with E-state index in [1.165, 1.54) is 4.90 Å². The molecule has 0 aromatic heterocycles. The number of nitrogens with one attached hydrogen (secondary N) is 1. The van der Waals surface area contributed by atoms with Gasteiger partial charge in [0.1, 0.15) is 5.75 Å².